The minimum atomic E-state index is -0.363. The number of hydrogen-bond acceptors (Lipinski definition) is 3. The molecule has 0 aromatic carbocycles. The fourth-order valence-electron chi connectivity index (χ4n) is 2.62. The Balaban J connectivity index is 2.07. The molecule has 96 valence electrons. The molecule has 3 heteroatoms. The lowest BCUT2D eigenvalue weighted by Crippen LogP contribution is -2.39. The summed E-state index contributed by atoms with van der Waals surface area (Å²) in [6.45, 7) is 3.36. The lowest BCUT2D eigenvalue weighted by molar-refractivity contribution is 0.0611. The molecule has 1 aliphatic rings. The minimum Gasteiger partial charge on any atom is -0.389 e. The van der Waals surface area contributed by atoms with Gasteiger partial charge in [0, 0.05) is 19.7 Å². The summed E-state index contributed by atoms with van der Waals surface area (Å²) in [6, 6.07) is 0.611. The molecule has 0 heterocycles. The molecule has 2 N–H and O–H groups in total. The zero-order valence-corrected chi connectivity index (χ0v) is 10.7. The van der Waals surface area contributed by atoms with E-state index in [2.05, 4.69) is 12.2 Å². The van der Waals surface area contributed by atoms with Crippen molar-refractivity contribution in [1.82, 2.24) is 5.32 Å². The van der Waals surface area contributed by atoms with Crippen LogP contribution in [0.3, 0.4) is 0 Å². The number of methoxy groups -OCH3 is 1. The SMILES string of the molecule is CCCC1CCC(NCC(O)COC)CC1. The van der Waals surface area contributed by atoms with Crippen LogP contribution < -0.4 is 5.32 Å². The molecule has 0 spiro atoms. The summed E-state index contributed by atoms with van der Waals surface area (Å²) >= 11 is 0. The van der Waals surface area contributed by atoms with Crippen LogP contribution in [0.1, 0.15) is 45.4 Å². The summed E-state index contributed by atoms with van der Waals surface area (Å²) in [6.07, 6.45) is 7.58. The Hall–Kier alpha value is -0.120. The molecule has 16 heavy (non-hydrogen) atoms. The van der Waals surface area contributed by atoms with Crippen molar-refractivity contribution >= 4 is 0 Å². The average Bonchev–Trinajstić information content (AvgIpc) is 2.29. The van der Waals surface area contributed by atoms with Gasteiger partial charge in [-0.05, 0) is 31.6 Å². The van der Waals surface area contributed by atoms with Crippen molar-refractivity contribution < 1.29 is 9.84 Å². The zero-order chi connectivity index (χ0) is 11.8. The molecule has 0 aromatic heterocycles. The number of hydrogen-bond donors (Lipinski definition) is 2. The maximum Gasteiger partial charge on any atom is 0.0897 e. The van der Waals surface area contributed by atoms with Crippen molar-refractivity contribution in [2.75, 3.05) is 20.3 Å². The Labute approximate surface area is 99.6 Å². The lowest BCUT2D eigenvalue weighted by atomic mass is 9.83. The third-order valence-corrected chi connectivity index (χ3v) is 3.54. The van der Waals surface area contributed by atoms with E-state index in [9.17, 15) is 5.11 Å². The molecule has 1 atom stereocenters. The molecule has 3 nitrogen and oxygen atoms in total. The van der Waals surface area contributed by atoms with Gasteiger partial charge in [0.1, 0.15) is 0 Å². The van der Waals surface area contributed by atoms with Gasteiger partial charge in [-0.2, -0.15) is 0 Å². The second kappa shape index (κ2) is 8.04. The highest BCUT2D eigenvalue weighted by Gasteiger charge is 2.20. The Kier molecular flexibility index (Phi) is 7.01. The molecule has 1 saturated carbocycles. The topological polar surface area (TPSA) is 41.5 Å². The van der Waals surface area contributed by atoms with E-state index < -0.39 is 0 Å². The largest absolute Gasteiger partial charge is 0.389 e. The molecule has 1 fully saturated rings. The van der Waals surface area contributed by atoms with Crippen molar-refractivity contribution in [1.29, 1.82) is 0 Å². The summed E-state index contributed by atoms with van der Waals surface area (Å²) in [5.74, 6) is 0.951. The second-order valence-corrected chi connectivity index (χ2v) is 5.02. The average molecular weight is 229 g/mol. The zero-order valence-electron chi connectivity index (χ0n) is 10.7. The van der Waals surface area contributed by atoms with E-state index in [-0.39, 0.29) is 6.10 Å². The number of rotatable bonds is 7. The molecule has 0 amide bonds. The summed E-state index contributed by atoms with van der Waals surface area (Å²) < 4.78 is 4.90. The Morgan fingerprint density at radius 2 is 2.00 bits per heavy atom. The molecule has 1 rings (SSSR count). The van der Waals surface area contributed by atoms with Crippen molar-refractivity contribution in [3.63, 3.8) is 0 Å². The molecule has 0 bridgehead atoms. The lowest BCUT2D eigenvalue weighted by Gasteiger charge is -2.29. The molecule has 1 unspecified atom stereocenters. The van der Waals surface area contributed by atoms with Crippen LogP contribution in [0.5, 0.6) is 0 Å². The van der Waals surface area contributed by atoms with E-state index in [0.29, 0.717) is 19.2 Å². The van der Waals surface area contributed by atoms with E-state index in [1.807, 2.05) is 0 Å². The van der Waals surface area contributed by atoms with Gasteiger partial charge in [-0.1, -0.05) is 19.8 Å². The van der Waals surface area contributed by atoms with Crippen LogP contribution in [0.25, 0.3) is 0 Å². The maximum absolute atomic E-state index is 9.53. The highest BCUT2D eigenvalue weighted by Crippen LogP contribution is 2.27. The van der Waals surface area contributed by atoms with Gasteiger partial charge in [-0.15, -0.1) is 0 Å². The second-order valence-electron chi connectivity index (χ2n) is 5.02. The van der Waals surface area contributed by atoms with Gasteiger partial charge < -0.3 is 15.2 Å². The monoisotopic (exact) mass is 229 g/mol. The number of ether oxygens (including phenoxy) is 1. The van der Waals surface area contributed by atoms with E-state index in [1.165, 1.54) is 38.5 Å². The van der Waals surface area contributed by atoms with Crippen LogP contribution >= 0.6 is 0 Å². The molecule has 0 aromatic rings. The van der Waals surface area contributed by atoms with Gasteiger partial charge in [-0.3, -0.25) is 0 Å². The first-order chi connectivity index (χ1) is 7.76. The van der Waals surface area contributed by atoms with Crippen molar-refractivity contribution in [2.45, 2.75) is 57.6 Å². The smallest absolute Gasteiger partial charge is 0.0897 e. The summed E-state index contributed by atoms with van der Waals surface area (Å²) in [5, 5.41) is 13.0. The van der Waals surface area contributed by atoms with Gasteiger partial charge >= 0.3 is 0 Å². The molecule has 0 radical (unpaired) electrons. The molecule has 1 aliphatic carbocycles. The van der Waals surface area contributed by atoms with E-state index in [4.69, 9.17) is 4.74 Å². The molecular weight excluding hydrogens is 202 g/mol. The van der Waals surface area contributed by atoms with Crippen LogP contribution in [-0.4, -0.2) is 37.5 Å². The van der Waals surface area contributed by atoms with Crippen LogP contribution in [0.15, 0.2) is 0 Å². The first-order valence-electron chi connectivity index (χ1n) is 6.66. The summed E-state index contributed by atoms with van der Waals surface area (Å²) in [4.78, 5) is 0. The third-order valence-electron chi connectivity index (χ3n) is 3.54. The normalized spacial score (nSPS) is 27.9. The van der Waals surface area contributed by atoms with Gasteiger partial charge in [-0.25, -0.2) is 0 Å². The van der Waals surface area contributed by atoms with Crippen LogP contribution in [-0.2, 0) is 4.74 Å². The van der Waals surface area contributed by atoms with Gasteiger partial charge in [0.25, 0.3) is 0 Å². The Morgan fingerprint density at radius 3 is 2.56 bits per heavy atom. The fourth-order valence-corrected chi connectivity index (χ4v) is 2.62. The van der Waals surface area contributed by atoms with Crippen LogP contribution in [0.2, 0.25) is 0 Å². The number of aliphatic hydroxyl groups excluding tert-OH is 1. The van der Waals surface area contributed by atoms with E-state index in [0.717, 1.165) is 5.92 Å². The van der Waals surface area contributed by atoms with Gasteiger partial charge in [0.15, 0.2) is 0 Å². The predicted molar refractivity (Wildman–Crippen MR) is 66.5 cm³/mol. The Morgan fingerprint density at radius 1 is 1.31 bits per heavy atom. The van der Waals surface area contributed by atoms with Crippen molar-refractivity contribution in [2.24, 2.45) is 5.92 Å². The maximum atomic E-state index is 9.53. The minimum absolute atomic E-state index is 0.363. The predicted octanol–water partition coefficient (Wildman–Crippen LogP) is 1.94. The van der Waals surface area contributed by atoms with Gasteiger partial charge in [0.05, 0.1) is 12.7 Å². The van der Waals surface area contributed by atoms with E-state index >= 15 is 0 Å². The van der Waals surface area contributed by atoms with Gasteiger partial charge in [0.2, 0.25) is 0 Å². The van der Waals surface area contributed by atoms with Crippen molar-refractivity contribution in [3.8, 4) is 0 Å². The standard InChI is InChI=1S/C13H27NO2/c1-3-4-11-5-7-12(8-6-11)14-9-13(15)10-16-2/h11-15H,3-10H2,1-2H3. The molecular formula is C13H27NO2. The highest BCUT2D eigenvalue weighted by molar-refractivity contribution is 4.77. The van der Waals surface area contributed by atoms with E-state index in [1.54, 1.807) is 7.11 Å². The first-order valence-corrected chi connectivity index (χ1v) is 6.66. The number of nitrogens with one attached hydrogen (secondary N) is 1. The first kappa shape index (κ1) is 13.9. The van der Waals surface area contributed by atoms with Crippen molar-refractivity contribution in [3.05, 3.63) is 0 Å². The third kappa shape index (κ3) is 5.28. The quantitative estimate of drug-likeness (QED) is 0.701. The fraction of sp³-hybridized carbons (Fsp3) is 1.00. The Bertz CT molecular complexity index is 167. The summed E-state index contributed by atoms with van der Waals surface area (Å²) in [7, 11) is 1.62. The number of aliphatic hydroxyl groups is 1. The summed E-state index contributed by atoms with van der Waals surface area (Å²) in [5.41, 5.74) is 0. The highest BCUT2D eigenvalue weighted by atomic mass is 16.5. The molecule has 0 aliphatic heterocycles. The van der Waals surface area contributed by atoms with Crippen LogP contribution in [0.4, 0.5) is 0 Å². The molecule has 0 saturated heterocycles. The van der Waals surface area contributed by atoms with Crippen LogP contribution in [0, 0.1) is 5.92 Å².